The van der Waals surface area contributed by atoms with Crippen molar-refractivity contribution in [2.75, 3.05) is 38.5 Å². The summed E-state index contributed by atoms with van der Waals surface area (Å²) in [5.74, 6) is -0.155. The van der Waals surface area contributed by atoms with E-state index in [1.165, 1.54) is 0 Å². The van der Waals surface area contributed by atoms with Crippen molar-refractivity contribution in [3.8, 4) is 0 Å². The number of carbonyl (C=O) groups is 2. The summed E-state index contributed by atoms with van der Waals surface area (Å²) < 4.78 is 0. The second-order valence-corrected chi connectivity index (χ2v) is 5.99. The van der Waals surface area contributed by atoms with Crippen molar-refractivity contribution in [3.05, 3.63) is 65.7 Å². The van der Waals surface area contributed by atoms with Gasteiger partial charge in [0.15, 0.2) is 0 Å². The zero-order valence-corrected chi connectivity index (χ0v) is 13.7. The summed E-state index contributed by atoms with van der Waals surface area (Å²) in [5, 5.41) is 2.84. The SMILES string of the molecule is CN1CCN(C(=O)c2ccc(C(=O)Nc3ccccc3)cc2)CC1. The summed E-state index contributed by atoms with van der Waals surface area (Å²) in [4.78, 5) is 28.8. The van der Waals surface area contributed by atoms with Crippen LogP contribution >= 0.6 is 0 Å². The number of para-hydroxylation sites is 1. The second kappa shape index (κ2) is 7.27. The Bertz CT molecular complexity index is 705. The summed E-state index contributed by atoms with van der Waals surface area (Å²) in [5.41, 5.74) is 1.91. The van der Waals surface area contributed by atoms with Crippen molar-refractivity contribution in [2.24, 2.45) is 0 Å². The van der Waals surface area contributed by atoms with Crippen LogP contribution in [0.15, 0.2) is 54.6 Å². The lowest BCUT2D eigenvalue weighted by Crippen LogP contribution is -2.47. The molecule has 2 aromatic rings. The molecule has 0 spiro atoms. The van der Waals surface area contributed by atoms with E-state index in [1.54, 1.807) is 24.3 Å². The molecule has 5 nitrogen and oxygen atoms in total. The third kappa shape index (κ3) is 3.81. The average molecular weight is 323 g/mol. The molecule has 2 amide bonds. The van der Waals surface area contributed by atoms with Gasteiger partial charge in [0.05, 0.1) is 0 Å². The molecule has 24 heavy (non-hydrogen) atoms. The smallest absolute Gasteiger partial charge is 0.255 e. The fourth-order valence-electron chi connectivity index (χ4n) is 2.68. The summed E-state index contributed by atoms with van der Waals surface area (Å²) in [6, 6.07) is 16.1. The van der Waals surface area contributed by atoms with Crippen LogP contribution in [0.5, 0.6) is 0 Å². The number of amides is 2. The van der Waals surface area contributed by atoms with E-state index >= 15 is 0 Å². The van der Waals surface area contributed by atoms with Crippen LogP contribution in [0, 0.1) is 0 Å². The predicted molar refractivity (Wildman–Crippen MR) is 94.2 cm³/mol. The van der Waals surface area contributed by atoms with Gasteiger partial charge in [-0.15, -0.1) is 0 Å². The lowest BCUT2D eigenvalue weighted by atomic mass is 10.1. The Hall–Kier alpha value is -2.66. The van der Waals surface area contributed by atoms with E-state index in [1.807, 2.05) is 35.2 Å². The van der Waals surface area contributed by atoms with Gasteiger partial charge in [-0.25, -0.2) is 0 Å². The van der Waals surface area contributed by atoms with Crippen LogP contribution in [0.1, 0.15) is 20.7 Å². The van der Waals surface area contributed by atoms with Crippen LogP contribution in [-0.4, -0.2) is 54.8 Å². The van der Waals surface area contributed by atoms with E-state index in [9.17, 15) is 9.59 Å². The maximum Gasteiger partial charge on any atom is 0.255 e. The molecular formula is C19H21N3O2. The molecule has 124 valence electrons. The number of rotatable bonds is 3. The molecule has 0 saturated carbocycles. The maximum atomic E-state index is 12.5. The third-order valence-electron chi connectivity index (χ3n) is 4.22. The molecule has 0 aliphatic carbocycles. The van der Waals surface area contributed by atoms with Gasteiger partial charge in [-0.05, 0) is 43.4 Å². The Balaban J connectivity index is 1.64. The number of anilines is 1. The molecule has 2 aromatic carbocycles. The number of carbonyl (C=O) groups excluding carboxylic acids is 2. The Morgan fingerprint density at radius 1 is 0.833 bits per heavy atom. The molecule has 1 N–H and O–H groups in total. The van der Waals surface area contributed by atoms with E-state index < -0.39 is 0 Å². The molecule has 3 rings (SSSR count). The minimum absolute atomic E-state index is 0.0260. The van der Waals surface area contributed by atoms with Gasteiger partial charge in [0.2, 0.25) is 0 Å². The zero-order chi connectivity index (χ0) is 16.9. The van der Waals surface area contributed by atoms with Gasteiger partial charge in [-0.1, -0.05) is 18.2 Å². The van der Waals surface area contributed by atoms with Crippen LogP contribution in [-0.2, 0) is 0 Å². The molecular weight excluding hydrogens is 302 g/mol. The van der Waals surface area contributed by atoms with Crippen molar-refractivity contribution in [3.63, 3.8) is 0 Å². The molecule has 1 aliphatic heterocycles. The van der Waals surface area contributed by atoms with Gasteiger partial charge in [0.25, 0.3) is 11.8 Å². The first-order chi connectivity index (χ1) is 11.6. The predicted octanol–water partition coefficient (Wildman–Crippen LogP) is 2.33. The van der Waals surface area contributed by atoms with Gasteiger partial charge in [0, 0.05) is 43.0 Å². The zero-order valence-electron chi connectivity index (χ0n) is 13.7. The second-order valence-electron chi connectivity index (χ2n) is 5.99. The van der Waals surface area contributed by atoms with Crippen LogP contribution in [0.25, 0.3) is 0 Å². The minimum Gasteiger partial charge on any atom is -0.336 e. The quantitative estimate of drug-likeness (QED) is 0.943. The lowest BCUT2D eigenvalue weighted by molar-refractivity contribution is 0.0664. The Morgan fingerprint density at radius 2 is 1.42 bits per heavy atom. The minimum atomic E-state index is -0.181. The molecule has 1 heterocycles. The molecule has 1 fully saturated rings. The molecule has 5 heteroatoms. The van der Waals surface area contributed by atoms with Crippen molar-refractivity contribution in [1.29, 1.82) is 0 Å². The number of hydrogen-bond acceptors (Lipinski definition) is 3. The first-order valence-corrected chi connectivity index (χ1v) is 8.08. The largest absolute Gasteiger partial charge is 0.336 e. The van der Waals surface area contributed by atoms with Gasteiger partial charge in [-0.3, -0.25) is 9.59 Å². The van der Waals surface area contributed by atoms with E-state index in [2.05, 4.69) is 17.3 Å². The van der Waals surface area contributed by atoms with Crippen LogP contribution in [0.4, 0.5) is 5.69 Å². The Morgan fingerprint density at radius 3 is 2.04 bits per heavy atom. The fraction of sp³-hybridized carbons (Fsp3) is 0.263. The normalized spacial score (nSPS) is 15.1. The highest BCUT2D eigenvalue weighted by molar-refractivity contribution is 6.05. The van der Waals surface area contributed by atoms with Crippen LogP contribution in [0.2, 0.25) is 0 Å². The molecule has 1 saturated heterocycles. The van der Waals surface area contributed by atoms with Crippen molar-refractivity contribution < 1.29 is 9.59 Å². The molecule has 0 bridgehead atoms. The summed E-state index contributed by atoms with van der Waals surface area (Å²) in [7, 11) is 2.06. The lowest BCUT2D eigenvalue weighted by Gasteiger charge is -2.32. The van der Waals surface area contributed by atoms with Gasteiger partial charge < -0.3 is 15.1 Å². The monoisotopic (exact) mass is 323 g/mol. The standard InChI is InChI=1S/C19H21N3O2/c1-21-11-13-22(14-12-21)19(24)16-9-7-15(8-10-16)18(23)20-17-5-3-2-4-6-17/h2-10H,11-14H2,1H3,(H,20,23). The van der Waals surface area contributed by atoms with Crippen LogP contribution < -0.4 is 5.32 Å². The first-order valence-electron chi connectivity index (χ1n) is 8.08. The highest BCUT2D eigenvalue weighted by atomic mass is 16.2. The number of likely N-dealkylation sites (N-methyl/N-ethyl adjacent to an activating group) is 1. The van der Waals surface area contributed by atoms with Crippen LogP contribution in [0.3, 0.4) is 0 Å². The number of nitrogens with one attached hydrogen (secondary N) is 1. The number of hydrogen-bond donors (Lipinski definition) is 1. The van der Waals surface area contributed by atoms with Gasteiger partial charge in [-0.2, -0.15) is 0 Å². The molecule has 1 aliphatic rings. The van der Waals surface area contributed by atoms with E-state index in [4.69, 9.17) is 0 Å². The Kier molecular flexibility index (Phi) is 4.91. The fourth-order valence-corrected chi connectivity index (χ4v) is 2.68. The van der Waals surface area contributed by atoms with Crippen molar-refractivity contribution >= 4 is 17.5 Å². The first kappa shape index (κ1) is 16.2. The van der Waals surface area contributed by atoms with E-state index in [0.717, 1.165) is 31.9 Å². The number of benzene rings is 2. The summed E-state index contributed by atoms with van der Waals surface area (Å²) in [6.07, 6.45) is 0. The highest BCUT2D eigenvalue weighted by Crippen LogP contribution is 2.12. The topological polar surface area (TPSA) is 52.7 Å². The number of nitrogens with zero attached hydrogens (tertiary/aromatic N) is 2. The molecule has 0 unspecified atom stereocenters. The van der Waals surface area contributed by atoms with E-state index in [0.29, 0.717) is 11.1 Å². The maximum absolute atomic E-state index is 12.5. The average Bonchev–Trinajstić information content (AvgIpc) is 2.63. The highest BCUT2D eigenvalue weighted by Gasteiger charge is 2.20. The Labute approximate surface area is 141 Å². The number of piperazine rings is 1. The van der Waals surface area contributed by atoms with Gasteiger partial charge in [0.1, 0.15) is 0 Å². The molecule has 0 atom stereocenters. The summed E-state index contributed by atoms with van der Waals surface area (Å²) >= 11 is 0. The third-order valence-corrected chi connectivity index (χ3v) is 4.22. The van der Waals surface area contributed by atoms with E-state index in [-0.39, 0.29) is 11.8 Å². The van der Waals surface area contributed by atoms with Gasteiger partial charge >= 0.3 is 0 Å². The summed E-state index contributed by atoms with van der Waals surface area (Å²) in [6.45, 7) is 3.27. The molecule has 0 aromatic heterocycles. The van der Waals surface area contributed by atoms with Crippen molar-refractivity contribution in [1.82, 2.24) is 9.80 Å². The van der Waals surface area contributed by atoms with Crippen molar-refractivity contribution in [2.45, 2.75) is 0 Å². The molecule has 0 radical (unpaired) electrons.